The van der Waals surface area contributed by atoms with E-state index in [1.165, 1.54) is 6.07 Å². The number of benzene rings is 1. The largest absolute Gasteiger partial charge is 0.326 e. The van der Waals surface area contributed by atoms with Crippen LogP contribution in [0.3, 0.4) is 0 Å². The number of fused-ring (bicyclic) bond motifs is 2. The van der Waals surface area contributed by atoms with Crippen LogP contribution in [-0.2, 0) is 13.0 Å². The lowest BCUT2D eigenvalue weighted by Gasteiger charge is -2.17. The van der Waals surface area contributed by atoms with Gasteiger partial charge in [0.05, 0.1) is 11.7 Å². The Morgan fingerprint density at radius 2 is 1.94 bits per heavy atom. The van der Waals surface area contributed by atoms with Gasteiger partial charge in [-0.05, 0) is 44.5 Å². The average Bonchev–Trinajstić information content (AvgIpc) is 3.11. The summed E-state index contributed by atoms with van der Waals surface area (Å²) in [5.74, 6) is 0.323. The van der Waals surface area contributed by atoms with Gasteiger partial charge in [0.1, 0.15) is 22.9 Å². The number of aromatic nitrogens is 5. The van der Waals surface area contributed by atoms with E-state index < -0.39 is 11.6 Å². The predicted molar refractivity (Wildman–Crippen MR) is 119 cm³/mol. The van der Waals surface area contributed by atoms with Crippen LogP contribution in [-0.4, -0.2) is 31.0 Å². The van der Waals surface area contributed by atoms with Crippen molar-refractivity contribution in [3.8, 4) is 11.3 Å². The fourth-order valence-corrected chi connectivity index (χ4v) is 4.21. The van der Waals surface area contributed by atoms with Gasteiger partial charge in [0, 0.05) is 36.8 Å². The highest BCUT2D eigenvalue weighted by Crippen LogP contribution is 2.30. The quantitative estimate of drug-likeness (QED) is 0.493. The molecule has 9 heteroatoms. The number of nitrogens with one attached hydrogen (secondary N) is 2. The molecule has 0 bridgehead atoms. The molecule has 0 fully saturated rings. The van der Waals surface area contributed by atoms with Crippen LogP contribution in [0.5, 0.6) is 0 Å². The highest BCUT2D eigenvalue weighted by molar-refractivity contribution is 5.83. The normalized spacial score (nSPS) is 13.6. The zero-order valence-corrected chi connectivity index (χ0v) is 18.1. The van der Waals surface area contributed by atoms with Crippen LogP contribution in [0.15, 0.2) is 30.5 Å². The summed E-state index contributed by atoms with van der Waals surface area (Å²) >= 11 is 0. The molecule has 0 radical (unpaired) electrons. The van der Waals surface area contributed by atoms with E-state index in [1.54, 1.807) is 6.07 Å². The van der Waals surface area contributed by atoms with Crippen LogP contribution in [0, 0.1) is 18.6 Å². The summed E-state index contributed by atoms with van der Waals surface area (Å²) in [4.78, 5) is 17.3. The highest BCUT2D eigenvalue weighted by atomic mass is 19.1. The van der Waals surface area contributed by atoms with Crippen LogP contribution >= 0.6 is 0 Å². The van der Waals surface area contributed by atoms with E-state index in [-0.39, 0.29) is 23.2 Å². The Bertz CT molecular complexity index is 1330. The standard InChI is InChI=1S/C23H23F2N7/c1-12(2)32-13(3)28-22-16(24)8-15(9-19(22)32)21-17(25)11-27-23(31-21)30-20-5-4-14-10-26-7-6-18(14)29-20/h4-5,8-9,11-12,26H,6-7,10H2,1-3H3,(H,27,29,30,31). The third-order valence-electron chi connectivity index (χ3n) is 5.62. The van der Waals surface area contributed by atoms with E-state index in [9.17, 15) is 8.78 Å². The van der Waals surface area contributed by atoms with Crippen molar-refractivity contribution in [1.82, 2.24) is 29.8 Å². The zero-order valence-electron chi connectivity index (χ0n) is 18.1. The molecule has 1 aromatic carbocycles. The maximum Gasteiger partial charge on any atom is 0.229 e. The molecule has 3 aromatic heterocycles. The van der Waals surface area contributed by atoms with E-state index >= 15 is 0 Å². The lowest BCUT2D eigenvalue weighted by Crippen LogP contribution is -2.24. The molecule has 0 unspecified atom stereocenters. The van der Waals surface area contributed by atoms with Gasteiger partial charge < -0.3 is 15.2 Å². The molecule has 0 atom stereocenters. The summed E-state index contributed by atoms with van der Waals surface area (Å²) in [6, 6.07) is 6.90. The van der Waals surface area contributed by atoms with E-state index in [4.69, 9.17) is 0 Å². The smallest absolute Gasteiger partial charge is 0.229 e. The monoisotopic (exact) mass is 435 g/mol. The first-order chi connectivity index (χ1) is 15.4. The number of nitrogens with zero attached hydrogens (tertiary/aromatic N) is 5. The van der Waals surface area contributed by atoms with Gasteiger partial charge in [-0.3, -0.25) is 0 Å². The van der Waals surface area contributed by atoms with Crippen molar-refractivity contribution in [1.29, 1.82) is 0 Å². The lowest BCUT2D eigenvalue weighted by atomic mass is 10.1. The van der Waals surface area contributed by atoms with E-state index in [2.05, 4.69) is 30.6 Å². The highest BCUT2D eigenvalue weighted by Gasteiger charge is 2.19. The molecule has 5 rings (SSSR count). The molecule has 4 heterocycles. The molecular formula is C23H23F2N7. The van der Waals surface area contributed by atoms with Crippen molar-refractivity contribution < 1.29 is 8.78 Å². The van der Waals surface area contributed by atoms with Crippen LogP contribution in [0.2, 0.25) is 0 Å². The lowest BCUT2D eigenvalue weighted by molar-refractivity contribution is 0.600. The molecule has 1 aliphatic heterocycles. The van der Waals surface area contributed by atoms with Crippen molar-refractivity contribution in [2.75, 3.05) is 11.9 Å². The molecule has 0 spiro atoms. The Morgan fingerprint density at radius 3 is 2.75 bits per heavy atom. The topological polar surface area (TPSA) is 80.6 Å². The number of hydrogen-bond acceptors (Lipinski definition) is 6. The van der Waals surface area contributed by atoms with Crippen molar-refractivity contribution in [3.63, 3.8) is 0 Å². The number of imidazole rings is 1. The van der Waals surface area contributed by atoms with Crippen molar-refractivity contribution in [2.24, 2.45) is 0 Å². The Hall–Kier alpha value is -3.46. The van der Waals surface area contributed by atoms with Gasteiger partial charge in [-0.15, -0.1) is 0 Å². The number of halogens is 2. The average molecular weight is 435 g/mol. The second-order valence-corrected chi connectivity index (χ2v) is 8.19. The molecule has 0 amide bonds. The molecule has 7 nitrogen and oxygen atoms in total. The van der Waals surface area contributed by atoms with Gasteiger partial charge in [-0.2, -0.15) is 0 Å². The number of rotatable bonds is 4. The van der Waals surface area contributed by atoms with Crippen molar-refractivity contribution in [3.05, 3.63) is 59.2 Å². The van der Waals surface area contributed by atoms with Crippen LogP contribution in [0.25, 0.3) is 22.3 Å². The Morgan fingerprint density at radius 1 is 1.09 bits per heavy atom. The summed E-state index contributed by atoms with van der Waals surface area (Å²) in [6.07, 6.45) is 1.92. The summed E-state index contributed by atoms with van der Waals surface area (Å²) in [5.41, 5.74) is 3.37. The zero-order chi connectivity index (χ0) is 22.4. The maximum absolute atomic E-state index is 14.9. The molecule has 4 aromatic rings. The minimum Gasteiger partial charge on any atom is -0.326 e. The maximum atomic E-state index is 14.9. The summed E-state index contributed by atoms with van der Waals surface area (Å²) in [7, 11) is 0. The minimum atomic E-state index is -0.633. The molecular weight excluding hydrogens is 412 g/mol. The van der Waals surface area contributed by atoms with Gasteiger partial charge in [-0.25, -0.2) is 28.7 Å². The van der Waals surface area contributed by atoms with Gasteiger partial charge in [0.25, 0.3) is 0 Å². The third-order valence-corrected chi connectivity index (χ3v) is 5.62. The van der Waals surface area contributed by atoms with Crippen molar-refractivity contribution >= 4 is 22.8 Å². The van der Waals surface area contributed by atoms with Gasteiger partial charge in [-0.1, -0.05) is 6.07 Å². The first-order valence-corrected chi connectivity index (χ1v) is 10.6. The summed E-state index contributed by atoms with van der Waals surface area (Å²) in [5, 5.41) is 6.35. The Balaban J connectivity index is 1.54. The van der Waals surface area contributed by atoms with E-state index in [0.29, 0.717) is 22.7 Å². The number of anilines is 2. The SMILES string of the molecule is Cc1nc2c(F)cc(-c3nc(Nc4ccc5c(n4)CCNC5)ncc3F)cc2n1C(C)C. The minimum absolute atomic E-state index is 0.0135. The third kappa shape index (κ3) is 3.58. The Kier molecular flexibility index (Phi) is 5.05. The van der Waals surface area contributed by atoms with Crippen LogP contribution < -0.4 is 10.6 Å². The van der Waals surface area contributed by atoms with E-state index in [0.717, 1.165) is 37.0 Å². The van der Waals surface area contributed by atoms with Crippen molar-refractivity contribution in [2.45, 2.75) is 39.8 Å². The van der Waals surface area contributed by atoms with Crippen LogP contribution in [0.1, 0.15) is 37.0 Å². The number of aryl methyl sites for hydroxylation is 1. The molecule has 1 aliphatic rings. The first kappa shape index (κ1) is 20.4. The summed E-state index contributed by atoms with van der Waals surface area (Å²) < 4.78 is 31.5. The van der Waals surface area contributed by atoms with Gasteiger partial charge in [0.15, 0.2) is 11.6 Å². The van der Waals surface area contributed by atoms with Gasteiger partial charge >= 0.3 is 0 Å². The molecule has 0 saturated heterocycles. The Labute approximate surface area is 184 Å². The summed E-state index contributed by atoms with van der Waals surface area (Å²) in [6.45, 7) is 7.48. The predicted octanol–water partition coefficient (Wildman–Crippen LogP) is 4.45. The van der Waals surface area contributed by atoms with Crippen LogP contribution in [0.4, 0.5) is 20.5 Å². The second kappa shape index (κ2) is 7.90. The molecule has 164 valence electrons. The second-order valence-electron chi connectivity index (χ2n) is 8.19. The number of hydrogen-bond donors (Lipinski definition) is 2. The molecule has 0 aliphatic carbocycles. The fraction of sp³-hybridized carbons (Fsp3) is 0.304. The van der Waals surface area contributed by atoms with E-state index in [1.807, 2.05) is 37.5 Å². The molecule has 0 saturated carbocycles. The molecule has 2 N–H and O–H groups in total. The van der Waals surface area contributed by atoms with Gasteiger partial charge in [0.2, 0.25) is 5.95 Å². The molecule has 32 heavy (non-hydrogen) atoms. The fourth-order valence-electron chi connectivity index (χ4n) is 4.21. The first-order valence-electron chi connectivity index (χ1n) is 10.6. The number of pyridine rings is 1.